The highest BCUT2D eigenvalue weighted by molar-refractivity contribution is 7.87. The number of rotatable bonds is 4. The molecule has 0 aromatic heterocycles. The van der Waals surface area contributed by atoms with Gasteiger partial charge in [-0.25, -0.2) is 4.72 Å². The predicted octanol–water partition coefficient (Wildman–Crippen LogP) is 1.96. The first-order valence-electron chi connectivity index (χ1n) is 6.86. The second-order valence-corrected chi connectivity index (χ2v) is 8.11. The third-order valence-electron chi connectivity index (χ3n) is 3.99. The standard InChI is InChI=1S/C12H23ClN2O2S/c1-10-3-2-6-15(9-10)18(16,17)14-8-11-4-5-12(13)7-11/h10-12,14H,2-9H2,1H3. The van der Waals surface area contributed by atoms with Crippen LogP contribution in [0, 0.1) is 11.8 Å². The maximum absolute atomic E-state index is 12.2. The molecule has 1 heterocycles. The van der Waals surface area contributed by atoms with Crippen LogP contribution in [0.5, 0.6) is 0 Å². The summed E-state index contributed by atoms with van der Waals surface area (Å²) >= 11 is 6.04. The average Bonchev–Trinajstić information content (AvgIpc) is 2.73. The zero-order chi connectivity index (χ0) is 13.2. The first-order chi connectivity index (χ1) is 8.47. The smallest absolute Gasteiger partial charge is 0.202 e. The van der Waals surface area contributed by atoms with E-state index in [1.54, 1.807) is 4.31 Å². The quantitative estimate of drug-likeness (QED) is 0.806. The van der Waals surface area contributed by atoms with Crippen molar-refractivity contribution in [3.8, 4) is 0 Å². The number of hydrogen-bond donors (Lipinski definition) is 1. The number of hydrogen-bond acceptors (Lipinski definition) is 2. The molecule has 0 bridgehead atoms. The van der Waals surface area contributed by atoms with Crippen LogP contribution in [0.4, 0.5) is 0 Å². The van der Waals surface area contributed by atoms with Crippen molar-refractivity contribution in [2.45, 2.75) is 44.4 Å². The van der Waals surface area contributed by atoms with E-state index in [-0.39, 0.29) is 5.38 Å². The van der Waals surface area contributed by atoms with Gasteiger partial charge in [0.05, 0.1) is 0 Å². The Balaban J connectivity index is 1.83. The van der Waals surface area contributed by atoms with Crippen LogP contribution in [0.2, 0.25) is 0 Å². The maximum atomic E-state index is 12.2. The molecule has 3 unspecified atom stereocenters. The lowest BCUT2D eigenvalue weighted by Gasteiger charge is -2.30. The molecule has 6 heteroatoms. The molecule has 4 nitrogen and oxygen atoms in total. The van der Waals surface area contributed by atoms with Crippen molar-refractivity contribution < 1.29 is 8.42 Å². The Morgan fingerprint density at radius 2 is 2.11 bits per heavy atom. The topological polar surface area (TPSA) is 49.4 Å². The van der Waals surface area contributed by atoms with Gasteiger partial charge in [-0.3, -0.25) is 0 Å². The molecule has 106 valence electrons. The fraction of sp³-hybridized carbons (Fsp3) is 1.00. The van der Waals surface area contributed by atoms with Crippen LogP contribution < -0.4 is 4.72 Å². The summed E-state index contributed by atoms with van der Waals surface area (Å²) in [6.07, 6.45) is 5.07. The van der Waals surface area contributed by atoms with Crippen LogP contribution in [0.3, 0.4) is 0 Å². The van der Waals surface area contributed by atoms with E-state index in [1.165, 1.54) is 0 Å². The van der Waals surface area contributed by atoms with Crippen LogP contribution >= 0.6 is 11.6 Å². The molecule has 2 rings (SSSR count). The van der Waals surface area contributed by atoms with Gasteiger partial charge in [-0.15, -0.1) is 11.6 Å². The molecule has 3 atom stereocenters. The van der Waals surface area contributed by atoms with E-state index in [1.807, 2.05) is 0 Å². The minimum absolute atomic E-state index is 0.231. The van der Waals surface area contributed by atoms with Gasteiger partial charge in [0.15, 0.2) is 0 Å². The zero-order valence-corrected chi connectivity index (χ0v) is 12.5. The van der Waals surface area contributed by atoms with Crippen molar-refractivity contribution in [3.63, 3.8) is 0 Å². The molecule has 1 aliphatic carbocycles. The third-order valence-corrected chi connectivity index (χ3v) is 5.93. The molecule has 0 radical (unpaired) electrons. The van der Waals surface area contributed by atoms with E-state index < -0.39 is 10.2 Å². The summed E-state index contributed by atoms with van der Waals surface area (Å²) in [6, 6.07) is 0. The number of nitrogens with zero attached hydrogens (tertiary/aromatic N) is 1. The van der Waals surface area contributed by atoms with Crippen LogP contribution in [-0.4, -0.2) is 37.7 Å². The summed E-state index contributed by atoms with van der Waals surface area (Å²) in [4.78, 5) is 0. The summed E-state index contributed by atoms with van der Waals surface area (Å²) in [5.74, 6) is 0.874. The first-order valence-corrected chi connectivity index (χ1v) is 8.74. The van der Waals surface area contributed by atoms with Crippen molar-refractivity contribution >= 4 is 21.8 Å². The summed E-state index contributed by atoms with van der Waals surface area (Å²) in [5, 5.41) is 0.231. The Hall–Kier alpha value is 0.160. The normalized spacial score (nSPS) is 34.9. The van der Waals surface area contributed by atoms with E-state index in [0.717, 1.165) is 32.1 Å². The van der Waals surface area contributed by atoms with Crippen LogP contribution in [0.15, 0.2) is 0 Å². The van der Waals surface area contributed by atoms with Crippen LogP contribution in [0.1, 0.15) is 39.0 Å². The van der Waals surface area contributed by atoms with Crippen LogP contribution in [-0.2, 0) is 10.2 Å². The summed E-state index contributed by atoms with van der Waals surface area (Å²) < 4.78 is 28.6. The fourth-order valence-corrected chi connectivity index (χ4v) is 4.71. The largest absolute Gasteiger partial charge is 0.279 e. The summed E-state index contributed by atoms with van der Waals surface area (Å²) in [6.45, 7) is 3.95. The Labute approximate surface area is 115 Å². The van der Waals surface area contributed by atoms with Crippen molar-refractivity contribution in [1.29, 1.82) is 0 Å². The maximum Gasteiger partial charge on any atom is 0.279 e. The fourth-order valence-electron chi connectivity index (χ4n) is 2.88. The third kappa shape index (κ3) is 3.83. The molecular weight excluding hydrogens is 272 g/mol. The van der Waals surface area contributed by atoms with Gasteiger partial charge in [-0.1, -0.05) is 6.92 Å². The molecule has 1 aliphatic heterocycles. The minimum atomic E-state index is -3.28. The van der Waals surface area contributed by atoms with E-state index in [0.29, 0.717) is 31.5 Å². The molecule has 0 aromatic rings. The molecule has 18 heavy (non-hydrogen) atoms. The Kier molecular flexibility index (Phi) is 4.92. The van der Waals surface area contributed by atoms with Crippen molar-refractivity contribution in [3.05, 3.63) is 0 Å². The van der Waals surface area contributed by atoms with Crippen molar-refractivity contribution in [2.24, 2.45) is 11.8 Å². The Morgan fingerprint density at radius 1 is 1.33 bits per heavy atom. The highest BCUT2D eigenvalue weighted by Gasteiger charge is 2.29. The highest BCUT2D eigenvalue weighted by atomic mass is 35.5. The van der Waals surface area contributed by atoms with Crippen LogP contribution in [0.25, 0.3) is 0 Å². The molecule has 2 fully saturated rings. The Morgan fingerprint density at radius 3 is 2.72 bits per heavy atom. The molecule has 1 N–H and O–H groups in total. The zero-order valence-electron chi connectivity index (χ0n) is 10.9. The lowest BCUT2D eigenvalue weighted by Crippen LogP contribution is -2.46. The van der Waals surface area contributed by atoms with E-state index in [9.17, 15) is 8.42 Å². The number of halogens is 1. The molecule has 1 saturated carbocycles. The van der Waals surface area contributed by atoms with Gasteiger partial charge in [0.25, 0.3) is 10.2 Å². The number of piperidine rings is 1. The lowest BCUT2D eigenvalue weighted by molar-refractivity contribution is 0.277. The molecule has 1 saturated heterocycles. The van der Waals surface area contributed by atoms with E-state index >= 15 is 0 Å². The van der Waals surface area contributed by atoms with E-state index in [4.69, 9.17) is 11.6 Å². The second kappa shape index (κ2) is 6.07. The monoisotopic (exact) mass is 294 g/mol. The number of nitrogens with one attached hydrogen (secondary N) is 1. The SMILES string of the molecule is CC1CCCN(S(=O)(=O)NCC2CCC(Cl)C2)C1. The van der Waals surface area contributed by atoms with Crippen molar-refractivity contribution in [2.75, 3.05) is 19.6 Å². The van der Waals surface area contributed by atoms with Gasteiger partial charge in [-0.2, -0.15) is 12.7 Å². The van der Waals surface area contributed by atoms with Gasteiger partial charge in [0.1, 0.15) is 0 Å². The first kappa shape index (κ1) is 14.6. The predicted molar refractivity (Wildman–Crippen MR) is 73.9 cm³/mol. The highest BCUT2D eigenvalue weighted by Crippen LogP contribution is 2.29. The summed E-state index contributed by atoms with van der Waals surface area (Å²) in [5.41, 5.74) is 0. The van der Waals surface area contributed by atoms with Gasteiger partial charge in [0.2, 0.25) is 0 Å². The Bertz CT molecular complexity index is 374. The average molecular weight is 295 g/mol. The molecule has 0 amide bonds. The van der Waals surface area contributed by atoms with Gasteiger partial charge in [-0.05, 0) is 43.9 Å². The number of alkyl halides is 1. The molecular formula is C12H23ClN2O2S. The molecule has 2 aliphatic rings. The second-order valence-electron chi connectivity index (χ2n) is 5.74. The van der Waals surface area contributed by atoms with E-state index in [2.05, 4.69) is 11.6 Å². The lowest BCUT2D eigenvalue weighted by atomic mass is 10.0. The minimum Gasteiger partial charge on any atom is -0.202 e. The van der Waals surface area contributed by atoms with Gasteiger partial charge >= 0.3 is 0 Å². The van der Waals surface area contributed by atoms with Gasteiger partial charge in [0, 0.05) is 25.0 Å². The van der Waals surface area contributed by atoms with Crippen molar-refractivity contribution in [1.82, 2.24) is 9.03 Å². The molecule has 0 spiro atoms. The summed E-state index contributed by atoms with van der Waals surface area (Å²) in [7, 11) is -3.28. The van der Waals surface area contributed by atoms with Gasteiger partial charge < -0.3 is 0 Å². The molecule has 0 aromatic carbocycles.